The molecule has 0 radical (unpaired) electrons. The van der Waals surface area contributed by atoms with Crippen LogP contribution in [0.3, 0.4) is 0 Å². The molecule has 2 rings (SSSR count). The molecule has 1 aromatic heterocycles. The number of hydrogen-bond donors (Lipinski definition) is 1. The molecule has 0 aliphatic carbocycles. The molecule has 1 saturated heterocycles. The molecular formula is C14H25N3S2. The average Bonchev–Trinajstić information content (AvgIpc) is 2.83. The summed E-state index contributed by atoms with van der Waals surface area (Å²) < 4.78 is 0. The van der Waals surface area contributed by atoms with Gasteiger partial charge in [-0.05, 0) is 26.3 Å². The zero-order chi connectivity index (χ0) is 13.7. The molecule has 1 aliphatic rings. The van der Waals surface area contributed by atoms with Gasteiger partial charge in [0.1, 0.15) is 0 Å². The van der Waals surface area contributed by atoms with Crippen LogP contribution in [0.2, 0.25) is 0 Å². The standard InChI is InChI=1S/C14H25N3S2/c1-4-6-15-9-13-12(5-2)16-14(19-13)17-7-8-18-10-11(17)3/h11,15H,4-10H2,1-3H3. The van der Waals surface area contributed by atoms with E-state index in [4.69, 9.17) is 4.98 Å². The van der Waals surface area contributed by atoms with Crippen molar-refractivity contribution in [2.24, 2.45) is 0 Å². The van der Waals surface area contributed by atoms with Crippen LogP contribution < -0.4 is 10.2 Å². The van der Waals surface area contributed by atoms with E-state index < -0.39 is 0 Å². The molecule has 19 heavy (non-hydrogen) atoms. The van der Waals surface area contributed by atoms with Gasteiger partial charge in [0.25, 0.3) is 0 Å². The normalized spacial score (nSPS) is 19.9. The molecule has 108 valence electrons. The highest BCUT2D eigenvalue weighted by Gasteiger charge is 2.22. The summed E-state index contributed by atoms with van der Waals surface area (Å²) in [6.45, 7) is 9.94. The van der Waals surface area contributed by atoms with Crippen LogP contribution in [0.25, 0.3) is 0 Å². The molecule has 5 heteroatoms. The number of aromatic nitrogens is 1. The lowest BCUT2D eigenvalue weighted by Gasteiger charge is -2.32. The van der Waals surface area contributed by atoms with Crippen LogP contribution in [0.15, 0.2) is 0 Å². The van der Waals surface area contributed by atoms with Crippen molar-refractivity contribution >= 4 is 28.2 Å². The number of thioether (sulfide) groups is 1. The van der Waals surface area contributed by atoms with Crippen molar-refractivity contribution in [2.45, 2.75) is 46.2 Å². The second kappa shape index (κ2) is 7.50. The van der Waals surface area contributed by atoms with E-state index in [2.05, 4.69) is 42.7 Å². The smallest absolute Gasteiger partial charge is 0.186 e. The van der Waals surface area contributed by atoms with Crippen LogP contribution in [0.1, 0.15) is 37.8 Å². The zero-order valence-electron chi connectivity index (χ0n) is 12.2. The van der Waals surface area contributed by atoms with Crippen LogP contribution >= 0.6 is 23.1 Å². The molecule has 1 fully saturated rings. The molecule has 0 saturated carbocycles. The first-order valence-electron chi connectivity index (χ1n) is 7.29. The van der Waals surface area contributed by atoms with Gasteiger partial charge in [0.2, 0.25) is 0 Å². The third-order valence-electron chi connectivity index (χ3n) is 3.43. The maximum atomic E-state index is 4.88. The van der Waals surface area contributed by atoms with Gasteiger partial charge in [0.05, 0.1) is 5.69 Å². The Hall–Kier alpha value is -0.260. The fraction of sp³-hybridized carbons (Fsp3) is 0.786. The van der Waals surface area contributed by atoms with Gasteiger partial charge in [-0.15, -0.1) is 11.3 Å². The van der Waals surface area contributed by atoms with Crippen molar-refractivity contribution in [1.29, 1.82) is 0 Å². The molecule has 1 aromatic rings. The maximum Gasteiger partial charge on any atom is 0.186 e. The van der Waals surface area contributed by atoms with Crippen LogP contribution in [0.4, 0.5) is 5.13 Å². The van der Waals surface area contributed by atoms with E-state index in [0.717, 1.165) is 26.1 Å². The predicted octanol–water partition coefficient (Wildman–Crippen LogP) is 3.15. The van der Waals surface area contributed by atoms with E-state index in [1.165, 1.54) is 33.6 Å². The highest BCUT2D eigenvalue weighted by atomic mass is 32.2. The van der Waals surface area contributed by atoms with Gasteiger partial charge in [-0.2, -0.15) is 11.8 Å². The molecule has 1 atom stereocenters. The van der Waals surface area contributed by atoms with E-state index in [9.17, 15) is 0 Å². The first-order valence-corrected chi connectivity index (χ1v) is 9.27. The van der Waals surface area contributed by atoms with E-state index >= 15 is 0 Å². The molecule has 3 nitrogen and oxygen atoms in total. The number of nitrogens with one attached hydrogen (secondary N) is 1. The van der Waals surface area contributed by atoms with Crippen LogP contribution in [-0.4, -0.2) is 35.6 Å². The number of nitrogens with zero attached hydrogens (tertiary/aromatic N) is 2. The van der Waals surface area contributed by atoms with Crippen LogP contribution in [0.5, 0.6) is 0 Å². The van der Waals surface area contributed by atoms with E-state index in [1.807, 2.05) is 11.3 Å². The summed E-state index contributed by atoms with van der Waals surface area (Å²) in [6.07, 6.45) is 2.23. The first kappa shape index (κ1) is 15.1. The summed E-state index contributed by atoms with van der Waals surface area (Å²) in [5, 5.41) is 4.74. The zero-order valence-corrected chi connectivity index (χ0v) is 13.9. The van der Waals surface area contributed by atoms with Gasteiger partial charge in [0.15, 0.2) is 5.13 Å². The third-order valence-corrected chi connectivity index (χ3v) is 5.75. The Kier molecular flexibility index (Phi) is 5.98. The Bertz CT molecular complexity index is 392. The molecule has 0 aromatic carbocycles. The van der Waals surface area contributed by atoms with Gasteiger partial charge < -0.3 is 10.2 Å². The van der Waals surface area contributed by atoms with Gasteiger partial charge in [-0.3, -0.25) is 0 Å². The fourth-order valence-corrected chi connectivity index (χ4v) is 4.56. The van der Waals surface area contributed by atoms with Crippen molar-refractivity contribution in [2.75, 3.05) is 29.5 Å². The number of aryl methyl sites for hydroxylation is 1. The predicted molar refractivity (Wildman–Crippen MR) is 87.6 cm³/mol. The Morgan fingerprint density at radius 2 is 2.26 bits per heavy atom. The Balaban J connectivity index is 2.08. The van der Waals surface area contributed by atoms with Crippen molar-refractivity contribution in [3.8, 4) is 0 Å². The second-order valence-electron chi connectivity index (χ2n) is 5.01. The largest absolute Gasteiger partial charge is 0.344 e. The summed E-state index contributed by atoms with van der Waals surface area (Å²) in [5.74, 6) is 2.46. The Morgan fingerprint density at radius 1 is 1.42 bits per heavy atom. The van der Waals surface area contributed by atoms with E-state index in [1.54, 1.807) is 0 Å². The second-order valence-corrected chi connectivity index (χ2v) is 7.23. The topological polar surface area (TPSA) is 28.2 Å². The lowest BCUT2D eigenvalue weighted by Crippen LogP contribution is -2.40. The third kappa shape index (κ3) is 3.86. The summed E-state index contributed by atoms with van der Waals surface area (Å²) >= 11 is 3.95. The minimum atomic E-state index is 0.617. The fourth-order valence-electron chi connectivity index (χ4n) is 2.30. The summed E-state index contributed by atoms with van der Waals surface area (Å²) in [6, 6.07) is 0.617. The monoisotopic (exact) mass is 299 g/mol. The van der Waals surface area contributed by atoms with Crippen LogP contribution in [0, 0.1) is 0 Å². The van der Waals surface area contributed by atoms with Crippen molar-refractivity contribution in [3.63, 3.8) is 0 Å². The number of hydrogen-bond acceptors (Lipinski definition) is 5. The molecule has 1 unspecified atom stereocenters. The van der Waals surface area contributed by atoms with Crippen molar-refractivity contribution in [3.05, 3.63) is 10.6 Å². The highest BCUT2D eigenvalue weighted by molar-refractivity contribution is 7.99. The lowest BCUT2D eigenvalue weighted by molar-refractivity contribution is 0.676. The molecule has 0 spiro atoms. The quantitative estimate of drug-likeness (QED) is 0.817. The van der Waals surface area contributed by atoms with E-state index in [-0.39, 0.29) is 0 Å². The Morgan fingerprint density at radius 3 is 2.95 bits per heavy atom. The van der Waals surface area contributed by atoms with Gasteiger partial charge in [0, 0.05) is 35.5 Å². The van der Waals surface area contributed by atoms with Crippen molar-refractivity contribution in [1.82, 2.24) is 10.3 Å². The minimum absolute atomic E-state index is 0.617. The van der Waals surface area contributed by atoms with Crippen molar-refractivity contribution < 1.29 is 0 Å². The van der Waals surface area contributed by atoms with Gasteiger partial charge >= 0.3 is 0 Å². The Labute approximate surface area is 125 Å². The molecule has 0 bridgehead atoms. The lowest BCUT2D eigenvalue weighted by atomic mass is 10.3. The average molecular weight is 300 g/mol. The minimum Gasteiger partial charge on any atom is -0.344 e. The molecule has 1 N–H and O–H groups in total. The summed E-state index contributed by atoms with van der Waals surface area (Å²) in [7, 11) is 0. The molecule has 2 heterocycles. The number of anilines is 1. The van der Waals surface area contributed by atoms with Gasteiger partial charge in [-0.1, -0.05) is 13.8 Å². The highest BCUT2D eigenvalue weighted by Crippen LogP contribution is 2.30. The summed E-state index contributed by atoms with van der Waals surface area (Å²) in [5.41, 5.74) is 1.29. The SMILES string of the molecule is CCCNCc1sc(N2CCSCC2C)nc1CC. The van der Waals surface area contributed by atoms with Crippen LogP contribution in [-0.2, 0) is 13.0 Å². The molecule has 1 aliphatic heterocycles. The van der Waals surface area contributed by atoms with E-state index in [0.29, 0.717) is 6.04 Å². The number of rotatable bonds is 6. The first-order chi connectivity index (χ1) is 9.26. The van der Waals surface area contributed by atoms with Gasteiger partial charge in [-0.25, -0.2) is 4.98 Å². The summed E-state index contributed by atoms with van der Waals surface area (Å²) in [4.78, 5) is 8.79. The maximum absolute atomic E-state index is 4.88. The number of thiazole rings is 1. The molecule has 0 amide bonds. The molecular weight excluding hydrogens is 274 g/mol.